The number of aryl methyl sites for hydroxylation is 1. The van der Waals surface area contributed by atoms with Gasteiger partial charge >= 0.3 is 0 Å². The van der Waals surface area contributed by atoms with Crippen molar-refractivity contribution in [2.75, 3.05) is 14.2 Å². The summed E-state index contributed by atoms with van der Waals surface area (Å²) in [5.41, 5.74) is 6.23. The van der Waals surface area contributed by atoms with E-state index in [9.17, 15) is 5.11 Å². The summed E-state index contributed by atoms with van der Waals surface area (Å²) in [7, 11) is 3.63. The first-order chi connectivity index (χ1) is 14.6. The lowest BCUT2D eigenvalue weighted by Gasteiger charge is -2.50. The number of methoxy groups -OCH3 is 1. The molecule has 2 aliphatic rings. The number of aromatic hydroxyl groups is 1. The summed E-state index contributed by atoms with van der Waals surface area (Å²) in [5, 5.41) is 14.7. The van der Waals surface area contributed by atoms with Crippen LogP contribution in [0.15, 0.2) is 36.4 Å². The number of phenols is 1. The van der Waals surface area contributed by atoms with Crippen molar-refractivity contribution in [2.24, 2.45) is 5.92 Å². The Labute approximate surface area is 177 Å². The van der Waals surface area contributed by atoms with E-state index in [4.69, 9.17) is 14.7 Å². The molecule has 2 aromatic carbocycles. The van der Waals surface area contributed by atoms with Crippen LogP contribution in [0.3, 0.4) is 0 Å². The van der Waals surface area contributed by atoms with Gasteiger partial charge < -0.3 is 15.2 Å². The number of aromatic nitrogens is 2. The van der Waals surface area contributed by atoms with Crippen LogP contribution >= 0.6 is 0 Å². The molecule has 0 bridgehead atoms. The number of hydrogen-bond donors (Lipinski definition) is 2. The molecule has 5 heteroatoms. The summed E-state index contributed by atoms with van der Waals surface area (Å²) in [6, 6.07) is 12.5. The van der Waals surface area contributed by atoms with E-state index in [1.165, 1.54) is 5.56 Å². The summed E-state index contributed by atoms with van der Waals surface area (Å²) in [4.78, 5) is 10.0. The maximum atomic E-state index is 11.3. The number of benzene rings is 2. The molecule has 0 amide bonds. The van der Waals surface area contributed by atoms with Crippen LogP contribution in [0.25, 0.3) is 11.0 Å². The smallest absolute Gasteiger partial charge is 0.161 e. The minimum atomic E-state index is -0.182. The van der Waals surface area contributed by atoms with Gasteiger partial charge in [0.15, 0.2) is 11.5 Å². The molecule has 0 aliphatic heterocycles. The predicted molar refractivity (Wildman–Crippen MR) is 118 cm³/mol. The quantitative estimate of drug-likeness (QED) is 0.691. The number of ether oxygens (including phenoxy) is 1. The molecule has 1 aromatic heterocycles. The van der Waals surface area contributed by atoms with Crippen molar-refractivity contribution in [3.05, 3.63) is 58.9 Å². The summed E-state index contributed by atoms with van der Waals surface area (Å²) >= 11 is 0. The first-order valence-electron chi connectivity index (χ1n) is 10.9. The lowest BCUT2D eigenvalue weighted by Crippen LogP contribution is -2.49. The van der Waals surface area contributed by atoms with Gasteiger partial charge in [0.05, 0.1) is 29.5 Å². The highest BCUT2D eigenvalue weighted by atomic mass is 16.5. The molecular formula is C25H29N3O2. The van der Waals surface area contributed by atoms with Crippen LogP contribution in [0.4, 0.5) is 0 Å². The number of hydrogen-bond acceptors (Lipinski definition) is 5. The fourth-order valence-corrected chi connectivity index (χ4v) is 5.78. The zero-order valence-electron chi connectivity index (χ0n) is 17.9. The highest BCUT2D eigenvalue weighted by Crippen LogP contribution is 2.55. The minimum Gasteiger partial charge on any atom is -0.504 e. The Morgan fingerprint density at radius 2 is 1.90 bits per heavy atom. The van der Waals surface area contributed by atoms with Crippen molar-refractivity contribution in [3.8, 4) is 11.5 Å². The molecule has 1 unspecified atom stereocenters. The summed E-state index contributed by atoms with van der Waals surface area (Å²) in [6.45, 7) is 2.22. The maximum Gasteiger partial charge on any atom is 0.161 e. The number of nitrogens with zero attached hydrogens (tertiary/aromatic N) is 2. The molecule has 0 saturated carbocycles. The summed E-state index contributed by atoms with van der Waals surface area (Å²) in [6.07, 6.45) is 4.72. The molecule has 0 spiro atoms. The third-order valence-corrected chi connectivity index (χ3v) is 7.30. The molecule has 2 N–H and O–H groups in total. The second kappa shape index (κ2) is 7.24. The Bertz CT molecular complexity index is 1110. The Morgan fingerprint density at radius 1 is 1.17 bits per heavy atom. The average Bonchev–Trinajstić information content (AvgIpc) is 2.76. The van der Waals surface area contributed by atoms with Crippen molar-refractivity contribution in [1.82, 2.24) is 15.3 Å². The van der Waals surface area contributed by atoms with Crippen LogP contribution in [0.2, 0.25) is 0 Å². The number of nitrogens with one attached hydrogen (secondary N) is 1. The highest BCUT2D eigenvalue weighted by Gasteiger charge is 2.50. The van der Waals surface area contributed by atoms with Crippen LogP contribution in [-0.4, -0.2) is 35.3 Å². The average molecular weight is 404 g/mol. The van der Waals surface area contributed by atoms with E-state index < -0.39 is 0 Å². The highest BCUT2D eigenvalue weighted by molar-refractivity contribution is 5.74. The fourth-order valence-electron chi connectivity index (χ4n) is 5.78. The van der Waals surface area contributed by atoms with Gasteiger partial charge in [-0.3, -0.25) is 0 Å². The van der Waals surface area contributed by atoms with E-state index in [0.717, 1.165) is 60.1 Å². The van der Waals surface area contributed by atoms with Gasteiger partial charge in [0.2, 0.25) is 0 Å². The van der Waals surface area contributed by atoms with Crippen LogP contribution in [-0.2, 0) is 24.7 Å². The van der Waals surface area contributed by atoms with Crippen LogP contribution in [0.1, 0.15) is 42.3 Å². The van der Waals surface area contributed by atoms with E-state index >= 15 is 0 Å². The molecule has 2 aliphatic carbocycles. The molecule has 5 nitrogen and oxygen atoms in total. The molecule has 5 rings (SSSR count). The van der Waals surface area contributed by atoms with Crippen molar-refractivity contribution in [2.45, 2.75) is 50.5 Å². The minimum absolute atomic E-state index is 0.182. The van der Waals surface area contributed by atoms with E-state index in [2.05, 4.69) is 18.3 Å². The second-order valence-electron chi connectivity index (χ2n) is 8.92. The van der Waals surface area contributed by atoms with Gasteiger partial charge in [0, 0.05) is 23.4 Å². The molecule has 0 radical (unpaired) electrons. The number of phenolic OH excluding ortho intramolecular Hbond substituents is 1. The molecule has 3 atom stereocenters. The largest absolute Gasteiger partial charge is 0.504 e. The second-order valence-corrected chi connectivity index (χ2v) is 8.92. The van der Waals surface area contributed by atoms with Gasteiger partial charge in [-0.25, -0.2) is 9.97 Å². The third kappa shape index (κ3) is 2.87. The van der Waals surface area contributed by atoms with E-state index in [-0.39, 0.29) is 5.41 Å². The van der Waals surface area contributed by atoms with Crippen LogP contribution in [0.5, 0.6) is 11.5 Å². The van der Waals surface area contributed by atoms with Gasteiger partial charge in [-0.1, -0.05) is 18.2 Å². The molecule has 156 valence electrons. The normalized spacial score (nSPS) is 23.4. The van der Waals surface area contributed by atoms with E-state index in [0.29, 0.717) is 23.5 Å². The summed E-state index contributed by atoms with van der Waals surface area (Å²) in [5.74, 6) is 1.28. The molecular weight excluding hydrogens is 374 g/mol. The topological polar surface area (TPSA) is 67.3 Å². The Hall–Kier alpha value is -2.66. The third-order valence-electron chi connectivity index (χ3n) is 7.30. The van der Waals surface area contributed by atoms with Gasteiger partial charge in [-0.15, -0.1) is 0 Å². The first-order valence-corrected chi connectivity index (χ1v) is 10.9. The van der Waals surface area contributed by atoms with Gasteiger partial charge in [-0.2, -0.15) is 0 Å². The number of rotatable bonds is 4. The van der Waals surface area contributed by atoms with Gasteiger partial charge in [0.25, 0.3) is 0 Å². The Kier molecular flexibility index (Phi) is 4.66. The molecule has 3 aromatic rings. The van der Waals surface area contributed by atoms with E-state index in [1.807, 2.05) is 37.4 Å². The zero-order valence-corrected chi connectivity index (χ0v) is 17.9. The van der Waals surface area contributed by atoms with Crippen molar-refractivity contribution in [3.63, 3.8) is 0 Å². The molecule has 30 heavy (non-hydrogen) atoms. The molecule has 0 saturated heterocycles. The van der Waals surface area contributed by atoms with Gasteiger partial charge in [0.1, 0.15) is 0 Å². The van der Waals surface area contributed by atoms with Crippen molar-refractivity contribution in [1.29, 1.82) is 0 Å². The first kappa shape index (κ1) is 19.3. The SMILES string of the molecule is CN[C@@H](C)C[C@@]12Cc3nc4ccccc4nc3CC1CCc1ccc(OC)c(O)c12. The summed E-state index contributed by atoms with van der Waals surface area (Å²) < 4.78 is 5.50. The van der Waals surface area contributed by atoms with Crippen molar-refractivity contribution < 1.29 is 9.84 Å². The van der Waals surface area contributed by atoms with Crippen molar-refractivity contribution >= 4 is 11.0 Å². The van der Waals surface area contributed by atoms with Gasteiger partial charge in [-0.05, 0) is 69.3 Å². The Balaban J connectivity index is 1.72. The predicted octanol–water partition coefficient (Wildman–Crippen LogP) is 3.94. The zero-order chi connectivity index (χ0) is 20.9. The lowest BCUT2D eigenvalue weighted by atomic mass is 9.55. The standard InChI is InChI=1S/C25H29N3O2/c1-15(26-2)13-25-14-21-20(27-18-6-4-5-7-19(18)28-21)12-17(25)10-8-16-9-11-22(30-3)24(29)23(16)25/h4-7,9,11,15,17,26,29H,8,10,12-14H2,1-3H3/t15-,17?,25+/m0/s1. The fraction of sp³-hybridized carbons (Fsp3) is 0.440. The van der Waals surface area contributed by atoms with E-state index in [1.54, 1.807) is 7.11 Å². The monoisotopic (exact) mass is 403 g/mol. The lowest BCUT2D eigenvalue weighted by molar-refractivity contribution is 0.172. The maximum absolute atomic E-state index is 11.3. The number of para-hydroxylation sites is 2. The van der Waals surface area contributed by atoms with Crippen LogP contribution in [0, 0.1) is 5.92 Å². The van der Waals surface area contributed by atoms with Crippen LogP contribution < -0.4 is 10.1 Å². The molecule has 1 heterocycles. The number of fused-ring (bicyclic) bond motifs is 5. The Morgan fingerprint density at radius 3 is 2.60 bits per heavy atom. The molecule has 0 fully saturated rings.